The van der Waals surface area contributed by atoms with E-state index in [1.54, 1.807) is 12.4 Å². The number of rotatable bonds is 7. The quantitative estimate of drug-likeness (QED) is 0.672. The number of pyridine rings is 1. The summed E-state index contributed by atoms with van der Waals surface area (Å²) in [5, 5.41) is 7.96. The maximum absolute atomic E-state index is 4.63. The standard InChI is InChI=1S/C18H21N5/c1-2-3-4-5-6-16-14-21-18-8-7-17(22-23(16)18)20-13-15-9-11-19-12-10-15/h5-12,14H,2-4,13H2,1H3,(H,20,22). The topological polar surface area (TPSA) is 55.1 Å². The Kier molecular flexibility index (Phi) is 4.99. The first kappa shape index (κ1) is 15.2. The van der Waals surface area contributed by atoms with Crippen molar-refractivity contribution in [3.8, 4) is 0 Å². The number of allylic oxidation sites excluding steroid dienone is 1. The van der Waals surface area contributed by atoms with E-state index < -0.39 is 0 Å². The van der Waals surface area contributed by atoms with Crippen LogP contribution in [0, 0.1) is 0 Å². The van der Waals surface area contributed by atoms with Crippen LogP contribution in [0.4, 0.5) is 5.82 Å². The molecule has 0 atom stereocenters. The van der Waals surface area contributed by atoms with E-state index >= 15 is 0 Å². The summed E-state index contributed by atoms with van der Waals surface area (Å²) in [5.74, 6) is 0.829. The normalized spacial score (nSPS) is 11.3. The monoisotopic (exact) mass is 307 g/mol. The Morgan fingerprint density at radius 1 is 1.17 bits per heavy atom. The van der Waals surface area contributed by atoms with E-state index in [1.807, 2.05) is 35.0 Å². The summed E-state index contributed by atoms with van der Waals surface area (Å²) in [5.41, 5.74) is 3.03. The first-order chi connectivity index (χ1) is 11.4. The molecule has 0 fully saturated rings. The Balaban J connectivity index is 1.73. The average Bonchev–Trinajstić information content (AvgIpc) is 3.00. The fraction of sp³-hybridized carbons (Fsp3) is 0.278. The van der Waals surface area contributed by atoms with E-state index in [0.717, 1.165) is 30.1 Å². The van der Waals surface area contributed by atoms with Gasteiger partial charge in [0, 0.05) is 18.9 Å². The van der Waals surface area contributed by atoms with Crippen molar-refractivity contribution in [2.45, 2.75) is 32.7 Å². The van der Waals surface area contributed by atoms with Crippen LogP contribution in [-0.4, -0.2) is 19.6 Å². The van der Waals surface area contributed by atoms with Gasteiger partial charge in [-0.15, -0.1) is 5.10 Å². The molecule has 0 radical (unpaired) electrons. The third-order valence-corrected chi connectivity index (χ3v) is 3.62. The van der Waals surface area contributed by atoms with E-state index in [-0.39, 0.29) is 0 Å². The minimum atomic E-state index is 0.720. The van der Waals surface area contributed by atoms with Gasteiger partial charge >= 0.3 is 0 Å². The minimum absolute atomic E-state index is 0.720. The molecule has 3 aromatic heterocycles. The Morgan fingerprint density at radius 3 is 2.87 bits per heavy atom. The van der Waals surface area contributed by atoms with Gasteiger partial charge < -0.3 is 5.32 Å². The van der Waals surface area contributed by atoms with Gasteiger partial charge in [0.2, 0.25) is 0 Å². The van der Waals surface area contributed by atoms with Gasteiger partial charge in [0.05, 0.1) is 11.9 Å². The summed E-state index contributed by atoms with van der Waals surface area (Å²) in [6, 6.07) is 7.91. The number of imidazole rings is 1. The highest BCUT2D eigenvalue weighted by Gasteiger charge is 2.03. The Bertz CT molecular complexity index is 776. The third kappa shape index (κ3) is 3.94. The van der Waals surface area contributed by atoms with E-state index in [2.05, 4.69) is 39.5 Å². The first-order valence-electron chi connectivity index (χ1n) is 8.01. The van der Waals surface area contributed by atoms with Crippen LogP contribution in [0.5, 0.6) is 0 Å². The predicted molar refractivity (Wildman–Crippen MR) is 93.1 cm³/mol. The summed E-state index contributed by atoms with van der Waals surface area (Å²) in [6.07, 6.45) is 13.2. The molecule has 0 aliphatic heterocycles. The Morgan fingerprint density at radius 2 is 2.04 bits per heavy atom. The van der Waals surface area contributed by atoms with Gasteiger partial charge in [-0.1, -0.05) is 25.8 Å². The van der Waals surface area contributed by atoms with Crippen molar-refractivity contribution in [3.05, 3.63) is 60.2 Å². The van der Waals surface area contributed by atoms with Gasteiger partial charge in [-0.05, 0) is 42.3 Å². The van der Waals surface area contributed by atoms with Crippen LogP contribution in [0.25, 0.3) is 11.7 Å². The molecule has 3 rings (SSSR count). The van der Waals surface area contributed by atoms with Gasteiger partial charge in [-0.25, -0.2) is 9.50 Å². The molecule has 0 bridgehead atoms. The van der Waals surface area contributed by atoms with Crippen LogP contribution < -0.4 is 5.32 Å². The summed E-state index contributed by atoms with van der Waals surface area (Å²) < 4.78 is 1.87. The molecule has 0 aliphatic carbocycles. The van der Waals surface area contributed by atoms with Gasteiger partial charge in [0.25, 0.3) is 0 Å². The summed E-state index contributed by atoms with van der Waals surface area (Å²) in [6.45, 7) is 2.92. The molecule has 0 aromatic carbocycles. The number of hydrogen-bond acceptors (Lipinski definition) is 4. The van der Waals surface area contributed by atoms with Crippen LogP contribution in [0.3, 0.4) is 0 Å². The van der Waals surface area contributed by atoms with Gasteiger partial charge in [-0.3, -0.25) is 4.98 Å². The fourth-order valence-electron chi connectivity index (χ4n) is 2.32. The molecule has 0 amide bonds. The highest BCUT2D eigenvalue weighted by atomic mass is 15.3. The third-order valence-electron chi connectivity index (χ3n) is 3.62. The van der Waals surface area contributed by atoms with Crippen molar-refractivity contribution >= 4 is 17.5 Å². The maximum Gasteiger partial charge on any atom is 0.154 e. The molecular weight excluding hydrogens is 286 g/mol. The largest absolute Gasteiger partial charge is 0.365 e. The average molecular weight is 307 g/mol. The lowest BCUT2D eigenvalue weighted by molar-refractivity contribution is 0.816. The van der Waals surface area contributed by atoms with Crippen molar-refractivity contribution in [3.63, 3.8) is 0 Å². The number of nitrogens with one attached hydrogen (secondary N) is 1. The van der Waals surface area contributed by atoms with Gasteiger partial charge in [0.1, 0.15) is 5.82 Å². The molecule has 3 heterocycles. The lowest BCUT2D eigenvalue weighted by atomic mass is 10.2. The number of aromatic nitrogens is 4. The summed E-state index contributed by atoms with van der Waals surface area (Å²) >= 11 is 0. The second-order valence-corrected chi connectivity index (χ2v) is 5.43. The first-order valence-corrected chi connectivity index (χ1v) is 8.01. The molecule has 0 saturated heterocycles. The van der Waals surface area contributed by atoms with Crippen molar-refractivity contribution in [2.24, 2.45) is 0 Å². The van der Waals surface area contributed by atoms with Crippen molar-refractivity contribution in [2.75, 3.05) is 5.32 Å². The number of anilines is 1. The smallest absolute Gasteiger partial charge is 0.154 e. The molecule has 118 valence electrons. The highest BCUT2D eigenvalue weighted by molar-refractivity contribution is 5.53. The van der Waals surface area contributed by atoms with Crippen LogP contribution in [0.2, 0.25) is 0 Å². The van der Waals surface area contributed by atoms with Crippen LogP contribution >= 0.6 is 0 Å². The Hall–Kier alpha value is -2.69. The number of hydrogen-bond donors (Lipinski definition) is 1. The zero-order valence-electron chi connectivity index (χ0n) is 13.3. The van der Waals surface area contributed by atoms with Crippen molar-refractivity contribution in [1.29, 1.82) is 0 Å². The molecule has 5 nitrogen and oxygen atoms in total. The van der Waals surface area contributed by atoms with Crippen LogP contribution in [0.15, 0.2) is 48.9 Å². The van der Waals surface area contributed by atoms with E-state index in [4.69, 9.17) is 0 Å². The number of fused-ring (bicyclic) bond motifs is 1. The van der Waals surface area contributed by atoms with E-state index in [0.29, 0.717) is 0 Å². The molecule has 3 aromatic rings. The zero-order chi connectivity index (χ0) is 15.9. The van der Waals surface area contributed by atoms with E-state index in [1.165, 1.54) is 18.4 Å². The second kappa shape index (κ2) is 7.54. The SMILES string of the molecule is CCCCC=Cc1cnc2ccc(NCc3ccncc3)nn12. The van der Waals surface area contributed by atoms with Crippen LogP contribution in [-0.2, 0) is 6.54 Å². The number of unbranched alkanes of at least 4 members (excludes halogenated alkanes) is 2. The van der Waals surface area contributed by atoms with Crippen molar-refractivity contribution < 1.29 is 0 Å². The predicted octanol–water partition coefficient (Wildman–Crippen LogP) is 3.94. The van der Waals surface area contributed by atoms with Crippen molar-refractivity contribution in [1.82, 2.24) is 19.6 Å². The lowest BCUT2D eigenvalue weighted by Gasteiger charge is -2.06. The highest BCUT2D eigenvalue weighted by Crippen LogP contribution is 2.12. The summed E-state index contributed by atoms with van der Waals surface area (Å²) in [4.78, 5) is 8.41. The zero-order valence-corrected chi connectivity index (χ0v) is 13.3. The summed E-state index contributed by atoms with van der Waals surface area (Å²) in [7, 11) is 0. The lowest BCUT2D eigenvalue weighted by Crippen LogP contribution is -2.04. The molecule has 23 heavy (non-hydrogen) atoms. The molecule has 0 spiro atoms. The molecule has 5 heteroatoms. The van der Waals surface area contributed by atoms with E-state index in [9.17, 15) is 0 Å². The fourth-order valence-corrected chi connectivity index (χ4v) is 2.32. The Labute approximate surface area is 136 Å². The maximum atomic E-state index is 4.63. The molecular formula is C18H21N5. The number of nitrogens with zero attached hydrogens (tertiary/aromatic N) is 4. The molecule has 0 unspecified atom stereocenters. The minimum Gasteiger partial charge on any atom is -0.365 e. The van der Waals surface area contributed by atoms with Crippen LogP contribution in [0.1, 0.15) is 37.4 Å². The second-order valence-electron chi connectivity index (χ2n) is 5.43. The molecule has 1 N–H and O–H groups in total. The molecule has 0 saturated carbocycles. The van der Waals surface area contributed by atoms with Gasteiger partial charge in [0.15, 0.2) is 5.65 Å². The molecule has 0 aliphatic rings. The van der Waals surface area contributed by atoms with Gasteiger partial charge in [-0.2, -0.15) is 0 Å².